The van der Waals surface area contributed by atoms with Crippen LogP contribution in [0.1, 0.15) is 73.5 Å². The van der Waals surface area contributed by atoms with Gasteiger partial charge >= 0.3 is 18.4 Å². The van der Waals surface area contributed by atoms with Crippen LogP contribution >= 0.6 is 0 Å². The van der Waals surface area contributed by atoms with Crippen LogP contribution in [0.15, 0.2) is 48.5 Å². The fourth-order valence-electron chi connectivity index (χ4n) is 8.06. The van der Waals surface area contributed by atoms with Crippen molar-refractivity contribution >= 4 is 17.9 Å². The van der Waals surface area contributed by atoms with Gasteiger partial charge in [0, 0.05) is 76.0 Å². The van der Waals surface area contributed by atoms with Gasteiger partial charge in [-0.3, -0.25) is 24.3 Å². The molecule has 0 spiro atoms. The first-order valence-electron chi connectivity index (χ1n) is 18.3. The number of carbonyl (C=O) groups excluding carboxylic acids is 3. The van der Waals surface area contributed by atoms with E-state index in [0.29, 0.717) is 57.5 Å². The van der Waals surface area contributed by atoms with Crippen molar-refractivity contribution in [2.45, 2.75) is 95.0 Å². The maximum absolute atomic E-state index is 13.8. The van der Waals surface area contributed by atoms with Crippen molar-refractivity contribution in [3.8, 4) is 0 Å². The molecule has 0 radical (unpaired) electrons. The Bertz CT molecular complexity index is 1600. The first-order valence-corrected chi connectivity index (χ1v) is 18.3. The van der Waals surface area contributed by atoms with Gasteiger partial charge in [0.05, 0.1) is 11.1 Å². The lowest BCUT2D eigenvalue weighted by Crippen LogP contribution is -2.67. The van der Waals surface area contributed by atoms with Gasteiger partial charge in [-0.2, -0.15) is 26.3 Å². The van der Waals surface area contributed by atoms with Crippen LogP contribution in [0.3, 0.4) is 0 Å². The monoisotopic (exact) mass is 751 g/mol. The van der Waals surface area contributed by atoms with E-state index in [0.717, 1.165) is 38.2 Å². The van der Waals surface area contributed by atoms with Crippen LogP contribution in [0.5, 0.6) is 0 Å². The Hall–Kier alpha value is -3.85. The summed E-state index contributed by atoms with van der Waals surface area (Å²) in [6, 6.07) is 9.74. The van der Waals surface area contributed by atoms with Gasteiger partial charge in [0.15, 0.2) is 0 Å². The Balaban J connectivity index is 1.07. The molecule has 15 heteroatoms. The Morgan fingerprint density at radius 1 is 0.736 bits per heavy atom. The smallest absolute Gasteiger partial charge is 0.416 e. The number of hydrogen-bond acceptors (Lipinski definition) is 6. The zero-order valence-corrected chi connectivity index (χ0v) is 30.3. The van der Waals surface area contributed by atoms with E-state index in [2.05, 4.69) is 9.80 Å². The van der Waals surface area contributed by atoms with Gasteiger partial charge in [0.25, 0.3) is 5.91 Å². The third-order valence-electron chi connectivity index (χ3n) is 10.8. The number of rotatable bonds is 6. The molecule has 53 heavy (non-hydrogen) atoms. The van der Waals surface area contributed by atoms with Gasteiger partial charge in [-0.25, -0.2) is 4.79 Å². The average Bonchev–Trinajstić information content (AvgIpc) is 3.57. The normalized spacial score (nSPS) is 23.9. The Morgan fingerprint density at radius 2 is 1.32 bits per heavy atom. The van der Waals surface area contributed by atoms with E-state index in [-0.39, 0.29) is 30.6 Å². The molecule has 2 aromatic carbocycles. The molecule has 4 fully saturated rings. The molecule has 2 aromatic rings. The predicted molar refractivity (Wildman–Crippen MR) is 184 cm³/mol. The average molecular weight is 752 g/mol. The molecule has 290 valence electrons. The number of benzene rings is 2. The molecule has 0 saturated carbocycles. The van der Waals surface area contributed by atoms with E-state index < -0.39 is 58.7 Å². The van der Waals surface area contributed by atoms with Gasteiger partial charge in [0.1, 0.15) is 11.6 Å². The van der Waals surface area contributed by atoms with E-state index in [4.69, 9.17) is 4.74 Å². The number of likely N-dealkylation sites (tertiary alicyclic amines) is 3. The van der Waals surface area contributed by atoms with Gasteiger partial charge in [-0.1, -0.05) is 30.3 Å². The molecular formula is C38H47F6N5O4. The lowest BCUT2D eigenvalue weighted by molar-refractivity contribution is -0.144. The summed E-state index contributed by atoms with van der Waals surface area (Å²) in [5, 5.41) is 0. The molecule has 6 rings (SSSR count). The van der Waals surface area contributed by atoms with Crippen molar-refractivity contribution in [1.29, 1.82) is 0 Å². The zero-order valence-electron chi connectivity index (χ0n) is 30.3. The van der Waals surface area contributed by atoms with Crippen molar-refractivity contribution in [2.75, 3.05) is 52.4 Å². The molecule has 0 aromatic heterocycles. The molecule has 0 bridgehead atoms. The van der Waals surface area contributed by atoms with E-state index in [1.54, 1.807) is 25.7 Å². The van der Waals surface area contributed by atoms with Crippen molar-refractivity contribution in [3.05, 3.63) is 70.8 Å². The fraction of sp³-hybridized carbons (Fsp3) is 0.605. The highest BCUT2D eigenvalue weighted by atomic mass is 19.4. The van der Waals surface area contributed by atoms with Gasteiger partial charge in [0.2, 0.25) is 5.91 Å². The van der Waals surface area contributed by atoms with Crippen LogP contribution in [0.25, 0.3) is 0 Å². The fourth-order valence-corrected chi connectivity index (χ4v) is 8.06. The number of halogens is 6. The molecule has 4 heterocycles. The topological polar surface area (TPSA) is 76.6 Å². The SMILES string of the molecule is CC(C)(C)OC(=O)N1CCCC1C(=O)N1CC(N2CCN(C3CCN(C(=O)c4cc(C(F)(F)F)cc(C(F)(F)F)c4)C(Cc4ccccc4)C3)CC2)C1. The lowest BCUT2D eigenvalue weighted by Gasteiger charge is -2.51. The third kappa shape index (κ3) is 9.10. The molecule has 0 aliphatic carbocycles. The molecule has 0 N–H and O–H groups in total. The zero-order chi connectivity index (χ0) is 38.3. The third-order valence-corrected chi connectivity index (χ3v) is 10.8. The molecule has 3 atom stereocenters. The second kappa shape index (κ2) is 15.1. The standard InChI is InChI=1S/C38H47F6N5O4/c1-36(2,3)53-35(52)49-12-7-10-32(49)34(51)47-23-31(24-47)46-16-14-45(15-17-46)29-11-13-48(30(22-29)18-25-8-5-4-6-9-25)33(50)26-19-27(37(39,40)41)21-28(20-26)38(42,43)44/h4-6,8-9,19-21,29-32H,7,10-18,22-24H2,1-3H3. The first kappa shape index (κ1) is 38.9. The van der Waals surface area contributed by atoms with E-state index >= 15 is 0 Å². The van der Waals surface area contributed by atoms with E-state index in [1.807, 2.05) is 35.2 Å². The minimum absolute atomic E-state index is 0.0406. The maximum atomic E-state index is 13.8. The van der Waals surface area contributed by atoms with Crippen LogP contribution in [0, 0.1) is 0 Å². The highest BCUT2D eigenvalue weighted by Crippen LogP contribution is 2.37. The van der Waals surface area contributed by atoms with Crippen molar-refractivity contribution < 1.29 is 45.5 Å². The maximum Gasteiger partial charge on any atom is 0.416 e. The summed E-state index contributed by atoms with van der Waals surface area (Å²) >= 11 is 0. The summed E-state index contributed by atoms with van der Waals surface area (Å²) in [7, 11) is 0. The number of piperidine rings is 1. The number of hydrogen-bond donors (Lipinski definition) is 0. The Kier molecular flexibility index (Phi) is 11.1. The van der Waals surface area contributed by atoms with Crippen LogP contribution in [-0.4, -0.2) is 125 Å². The minimum Gasteiger partial charge on any atom is -0.444 e. The van der Waals surface area contributed by atoms with E-state index in [1.165, 1.54) is 4.90 Å². The molecule has 4 saturated heterocycles. The van der Waals surface area contributed by atoms with Crippen LogP contribution in [-0.2, 0) is 28.3 Å². The second-order valence-corrected chi connectivity index (χ2v) is 15.6. The largest absolute Gasteiger partial charge is 0.444 e. The molecule has 4 aliphatic heterocycles. The van der Waals surface area contributed by atoms with Crippen molar-refractivity contribution in [3.63, 3.8) is 0 Å². The van der Waals surface area contributed by atoms with Gasteiger partial charge in [-0.05, 0) is 76.6 Å². The number of ether oxygens (including phenoxy) is 1. The predicted octanol–water partition coefficient (Wildman–Crippen LogP) is 6.17. The number of piperazine rings is 1. The quantitative estimate of drug-likeness (QED) is 0.329. The Labute approximate surface area is 305 Å². The van der Waals surface area contributed by atoms with Crippen LogP contribution < -0.4 is 0 Å². The molecular weight excluding hydrogens is 704 g/mol. The number of carbonyl (C=O) groups is 3. The van der Waals surface area contributed by atoms with Crippen LogP contribution in [0.2, 0.25) is 0 Å². The van der Waals surface area contributed by atoms with Crippen LogP contribution in [0.4, 0.5) is 31.1 Å². The highest BCUT2D eigenvalue weighted by molar-refractivity contribution is 5.95. The van der Waals surface area contributed by atoms with E-state index in [9.17, 15) is 40.7 Å². The van der Waals surface area contributed by atoms with Gasteiger partial charge in [-0.15, -0.1) is 0 Å². The molecule has 3 unspecified atom stereocenters. The number of amides is 3. The first-order chi connectivity index (χ1) is 24.9. The summed E-state index contributed by atoms with van der Waals surface area (Å²) in [5.41, 5.74) is -3.38. The summed E-state index contributed by atoms with van der Waals surface area (Å²) in [6.07, 6.45) is -7.75. The van der Waals surface area contributed by atoms with Crippen molar-refractivity contribution in [2.24, 2.45) is 0 Å². The van der Waals surface area contributed by atoms with Gasteiger partial charge < -0.3 is 14.5 Å². The number of alkyl halides is 6. The highest BCUT2D eigenvalue weighted by Gasteiger charge is 2.45. The molecule has 4 aliphatic rings. The molecule has 9 nitrogen and oxygen atoms in total. The Morgan fingerprint density at radius 3 is 1.89 bits per heavy atom. The summed E-state index contributed by atoms with van der Waals surface area (Å²) in [6.45, 7) is 10.3. The second-order valence-electron chi connectivity index (χ2n) is 15.6. The molecule has 3 amide bonds. The number of nitrogens with zero attached hydrogens (tertiary/aromatic N) is 5. The lowest BCUT2D eigenvalue weighted by atomic mass is 9.90. The minimum atomic E-state index is -5.05. The summed E-state index contributed by atoms with van der Waals surface area (Å²) < 4.78 is 87.3. The summed E-state index contributed by atoms with van der Waals surface area (Å²) in [5.74, 6) is -0.893. The summed E-state index contributed by atoms with van der Waals surface area (Å²) in [4.78, 5) is 49.4. The van der Waals surface area contributed by atoms with Crippen molar-refractivity contribution in [1.82, 2.24) is 24.5 Å².